The second-order valence-corrected chi connectivity index (χ2v) is 2.27. The van der Waals surface area contributed by atoms with Crippen molar-refractivity contribution in [3.8, 4) is 0 Å². The first-order valence-corrected chi connectivity index (χ1v) is 3.17. The molecule has 10 heavy (non-hydrogen) atoms. The maximum absolute atomic E-state index is 10.0. The van der Waals surface area contributed by atoms with Crippen LogP contribution in [0.3, 0.4) is 0 Å². The van der Waals surface area contributed by atoms with Crippen molar-refractivity contribution in [2.45, 2.75) is 13.3 Å². The number of aldehydes is 1. The van der Waals surface area contributed by atoms with E-state index in [1.807, 2.05) is 20.0 Å². The zero-order valence-corrected chi connectivity index (χ0v) is 6.16. The van der Waals surface area contributed by atoms with Gasteiger partial charge in [-0.05, 0) is 13.0 Å². The van der Waals surface area contributed by atoms with Crippen LogP contribution in [0.25, 0.3) is 0 Å². The lowest BCUT2D eigenvalue weighted by atomic mass is 10.3. The van der Waals surface area contributed by atoms with Crippen molar-refractivity contribution in [3.05, 3.63) is 17.5 Å². The monoisotopic (exact) mass is 138 g/mol. The van der Waals surface area contributed by atoms with Crippen molar-refractivity contribution < 1.29 is 4.79 Å². The third kappa shape index (κ3) is 1.23. The number of carbonyl (C=O) groups is 1. The van der Waals surface area contributed by atoms with E-state index in [4.69, 9.17) is 0 Å². The Kier molecular flexibility index (Phi) is 1.85. The summed E-state index contributed by atoms with van der Waals surface area (Å²) in [4.78, 5) is 10.0. The SMILES string of the molecule is Cc1cc(CC=O)nn1C. The van der Waals surface area contributed by atoms with Crippen molar-refractivity contribution in [3.63, 3.8) is 0 Å². The van der Waals surface area contributed by atoms with E-state index in [0.29, 0.717) is 6.42 Å². The van der Waals surface area contributed by atoms with Crippen LogP contribution in [0.4, 0.5) is 0 Å². The Morgan fingerprint density at radius 3 is 2.90 bits per heavy atom. The van der Waals surface area contributed by atoms with Crippen LogP contribution in [0.1, 0.15) is 11.4 Å². The van der Waals surface area contributed by atoms with E-state index >= 15 is 0 Å². The Balaban J connectivity index is 2.86. The molecule has 0 amide bonds. The van der Waals surface area contributed by atoms with Crippen molar-refractivity contribution >= 4 is 6.29 Å². The fraction of sp³-hybridized carbons (Fsp3) is 0.429. The molecule has 0 radical (unpaired) electrons. The van der Waals surface area contributed by atoms with Crippen LogP contribution in [0.5, 0.6) is 0 Å². The Morgan fingerprint density at radius 2 is 2.50 bits per heavy atom. The van der Waals surface area contributed by atoms with E-state index in [-0.39, 0.29) is 0 Å². The Bertz CT molecular complexity index is 220. The van der Waals surface area contributed by atoms with Crippen molar-refractivity contribution in [2.24, 2.45) is 7.05 Å². The first kappa shape index (κ1) is 6.99. The van der Waals surface area contributed by atoms with E-state index in [9.17, 15) is 4.79 Å². The maximum atomic E-state index is 10.0. The molecule has 0 aliphatic carbocycles. The smallest absolute Gasteiger partial charge is 0.126 e. The zero-order valence-electron chi connectivity index (χ0n) is 6.16. The van der Waals surface area contributed by atoms with Crippen LogP contribution in [-0.2, 0) is 18.3 Å². The molecule has 1 rings (SSSR count). The molecular weight excluding hydrogens is 128 g/mol. The highest BCUT2D eigenvalue weighted by Crippen LogP contribution is 1.99. The van der Waals surface area contributed by atoms with E-state index in [1.165, 1.54) is 0 Å². The number of hydrogen-bond acceptors (Lipinski definition) is 2. The normalized spacial score (nSPS) is 9.80. The van der Waals surface area contributed by atoms with Gasteiger partial charge in [-0.15, -0.1) is 0 Å². The fourth-order valence-corrected chi connectivity index (χ4v) is 0.820. The molecule has 0 unspecified atom stereocenters. The fourth-order valence-electron chi connectivity index (χ4n) is 0.820. The number of rotatable bonds is 2. The summed E-state index contributed by atoms with van der Waals surface area (Å²) < 4.78 is 1.76. The summed E-state index contributed by atoms with van der Waals surface area (Å²) in [5.74, 6) is 0. The van der Waals surface area contributed by atoms with Crippen LogP contribution in [-0.4, -0.2) is 16.1 Å². The molecule has 0 atom stereocenters. The Morgan fingerprint density at radius 1 is 1.80 bits per heavy atom. The minimum absolute atomic E-state index is 0.418. The van der Waals surface area contributed by atoms with Gasteiger partial charge in [-0.2, -0.15) is 5.10 Å². The highest BCUT2D eigenvalue weighted by Gasteiger charge is 1.98. The lowest BCUT2D eigenvalue weighted by Gasteiger charge is -1.88. The number of hydrogen-bond donors (Lipinski definition) is 0. The van der Waals surface area contributed by atoms with Gasteiger partial charge in [0.15, 0.2) is 0 Å². The van der Waals surface area contributed by atoms with E-state index in [2.05, 4.69) is 5.10 Å². The molecule has 0 aliphatic rings. The average Bonchev–Trinajstić information content (AvgIpc) is 2.14. The molecule has 1 heterocycles. The molecule has 0 saturated carbocycles. The van der Waals surface area contributed by atoms with Gasteiger partial charge >= 0.3 is 0 Å². The summed E-state index contributed by atoms with van der Waals surface area (Å²) in [6, 6.07) is 1.91. The van der Waals surface area contributed by atoms with Crippen molar-refractivity contribution in [1.29, 1.82) is 0 Å². The summed E-state index contributed by atoms with van der Waals surface area (Å²) in [5.41, 5.74) is 1.92. The minimum Gasteiger partial charge on any atom is -0.303 e. The molecule has 0 bridgehead atoms. The molecule has 1 aromatic rings. The van der Waals surface area contributed by atoms with Gasteiger partial charge in [0.05, 0.1) is 5.69 Å². The third-order valence-corrected chi connectivity index (χ3v) is 1.46. The highest BCUT2D eigenvalue weighted by molar-refractivity contribution is 5.53. The molecule has 0 spiro atoms. The average molecular weight is 138 g/mol. The predicted octanol–water partition coefficient (Wildman–Crippen LogP) is 0.470. The summed E-state index contributed by atoms with van der Waals surface area (Å²) >= 11 is 0. The summed E-state index contributed by atoms with van der Waals surface area (Å²) in [7, 11) is 1.86. The van der Waals surface area contributed by atoms with Gasteiger partial charge < -0.3 is 4.79 Å². The van der Waals surface area contributed by atoms with Crippen LogP contribution in [0, 0.1) is 6.92 Å². The lowest BCUT2D eigenvalue weighted by molar-refractivity contribution is -0.107. The van der Waals surface area contributed by atoms with Crippen molar-refractivity contribution in [2.75, 3.05) is 0 Å². The first-order valence-electron chi connectivity index (χ1n) is 3.17. The quantitative estimate of drug-likeness (QED) is 0.557. The highest BCUT2D eigenvalue weighted by atomic mass is 16.1. The molecule has 0 aliphatic heterocycles. The maximum Gasteiger partial charge on any atom is 0.126 e. The van der Waals surface area contributed by atoms with Gasteiger partial charge in [0.1, 0.15) is 6.29 Å². The van der Waals surface area contributed by atoms with Gasteiger partial charge in [-0.3, -0.25) is 4.68 Å². The number of aromatic nitrogens is 2. The second kappa shape index (κ2) is 2.64. The summed E-state index contributed by atoms with van der Waals surface area (Å²) in [5, 5.41) is 4.09. The molecule has 3 nitrogen and oxygen atoms in total. The van der Waals surface area contributed by atoms with Crippen molar-refractivity contribution in [1.82, 2.24) is 9.78 Å². The van der Waals surface area contributed by atoms with Gasteiger partial charge in [-0.1, -0.05) is 0 Å². The second-order valence-electron chi connectivity index (χ2n) is 2.27. The topological polar surface area (TPSA) is 34.9 Å². The van der Waals surface area contributed by atoms with Crippen LogP contribution < -0.4 is 0 Å². The van der Waals surface area contributed by atoms with E-state index in [0.717, 1.165) is 17.7 Å². The van der Waals surface area contributed by atoms with Crippen LogP contribution >= 0.6 is 0 Å². The van der Waals surface area contributed by atoms with Crippen LogP contribution in [0.15, 0.2) is 6.07 Å². The van der Waals surface area contributed by atoms with Gasteiger partial charge in [0, 0.05) is 19.2 Å². The molecule has 0 aromatic carbocycles. The third-order valence-electron chi connectivity index (χ3n) is 1.46. The molecule has 3 heteroatoms. The zero-order chi connectivity index (χ0) is 7.56. The molecule has 0 saturated heterocycles. The molecule has 1 aromatic heterocycles. The number of aryl methyl sites for hydroxylation is 2. The van der Waals surface area contributed by atoms with Gasteiger partial charge in [0.2, 0.25) is 0 Å². The number of nitrogens with zero attached hydrogens (tertiary/aromatic N) is 2. The Labute approximate surface area is 59.7 Å². The summed E-state index contributed by atoms with van der Waals surface area (Å²) in [6.07, 6.45) is 1.28. The molecule has 54 valence electrons. The van der Waals surface area contributed by atoms with E-state index in [1.54, 1.807) is 4.68 Å². The van der Waals surface area contributed by atoms with Crippen LogP contribution in [0.2, 0.25) is 0 Å². The van der Waals surface area contributed by atoms with Gasteiger partial charge in [-0.25, -0.2) is 0 Å². The predicted molar refractivity (Wildman–Crippen MR) is 37.7 cm³/mol. The minimum atomic E-state index is 0.418. The molecule has 0 fully saturated rings. The Hall–Kier alpha value is -1.12. The summed E-state index contributed by atoms with van der Waals surface area (Å²) in [6.45, 7) is 1.96. The van der Waals surface area contributed by atoms with Gasteiger partial charge in [0.25, 0.3) is 0 Å². The largest absolute Gasteiger partial charge is 0.303 e. The standard InChI is InChI=1S/C7H10N2O/c1-6-5-7(3-4-10)8-9(6)2/h4-5H,3H2,1-2H3. The molecular formula is C7H10N2O. The van der Waals surface area contributed by atoms with E-state index < -0.39 is 0 Å². The molecule has 0 N–H and O–H groups in total. The lowest BCUT2D eigenvalue weighted by Crippen LogP contribution is -1.93. The number of carbonyl (C=O) groups excluding carboxylic acids is 1. The first-order chi connectivity index (χ1) is 4.74.